The van der Waals surface area contributed by atoms with E-state index in [1.807, 2.05) is 6.92 Å². The number of nitrogen functional groups attached to an aromatic ring is 1. The molecule has 9 nitrogen and oxygen atoms in total. The van der Waals surface area contributed by atoms with Crippen molar-refractivity contribution in [2.75, 3.05) is 12.3 Å². The van der Waals surface area contributed by atoms with Gasteiger partial charge in [-0.1, -0.05) is 18.6 Å². The minimum Gasteiger partial charge on any atom is -0.461 e. The maximum atomic E-state index is 11.8. The van der Waals surface area contributed by atoms with Crippen LogP contribution in [-0.4, -0.2) is 37.9 Å². The van der Waals surface area contributed by atoms with E-state index in [4.69, 9.17) is 10.5 Å². The summed E-state index contributed by atoms with van der Waals surface area (Å²) in [5.74, 6) is -0.226. The Kier molecular flexibility index (Phi) is 3.74. The van der Waals surface area contributed by atoms with Crippen molar-refractivity contribution in [2.24, 2.45) is 0 Å². The smallest absolute Gasteiger partial charge is 0.360 e. The fourth-order valence-corrected chi connectivity index (χ4v) is 1.63. The summed E-state index contributed by atoms with van der Waals surface area (Å²) in [6, 6.07) is 0. The Bertz CT molecular complexity index is 576. The van der Waals surface area contributed by atoms with Crippen molar-refractivity contribution in [3.63, 3.8) is 0 Å². The molecule has 0 aliphatic rings. The minimum atomic E-state index is -0.521. The lowest BCUT2D eigenvalue weighted by Gasteiger charge is -2.03. The van der Waals surface area contributed by atoms with E-state index in [1.165, 1.54) is 4.68 Å². The molecule has 2 heterocycles. The number of aromatic nitrogens is 5. The fraction of sp³-hybridized carbons (Fsp3) is 0.500. The first-order chi connectivity index (χ1) is 9.19. The largest absolute Gasteiger partial charge is 0.461 e. The van der Waals surface area contributed by atoms with Gasteiger partial charge in [-0.15, -0.1) is 5.10 Å². The molecule has 0 aliphatic carbocycles. The van der Waals surface area contributed by atoms with E-state index < -0.39 is 5.97 Å². The van der Waals surface area contributed by atoms with Gasteiger partial charge in [0.25, 0.3) is 0 Å². The fourth-order valence-electron chi connectivity index (χ4n) is 1.63. The van der Waals surface area contributed by atoms with Crippen molar-refractivity contribution in [3.05, 3.63) is 11.4 Å². The first-order valence-corrected chi connectivity index (χ1v) is 5.89. The molecule has 2 aromatic rings. The van der Waals surface area contributed by atoms with Gasteiger partial charge in [0.05, 0.1) is 12.3 Å². The minimum absolute atomic E-state index is 0.0812. The molecule has 0 spiro atoms. The average Bonchev–Trinajstić information content (AvgIpc) is 2.96. The standard InChI is InChI=1S/C10H14N6O3/c1-3-5-6-7(10(17)18-4-2)12-15-16(6)9-8(11)13-19-14-9/h3-5H2,1-2H3,(H2,11,13). The SMILES string of the molecule is CCCc1c(C(=O)OCC)nnn1-c1nonc1N. The van der Waals surface area contributed by atoms with Gasteiger partial charge in [-0.05, 0) is 23.7 Å². The molecule has 0 bridgehead atoms. The molecule has 0 unspecified atom stereocenters. The molecule has 0 atom stereocenters. The summed E-state index contributed by atoms with van der Waals surface area (Å²) >= 11 is 0. The highest BCUT2D eigenvalue weighted by molar-refractivity contribution is 5.88. The molecular formula is C10H14N6O3. The molecule has 2 aromatic heterocycles. The molecule has 0 saturated heterocycles. The third-order valence-electron chi connectivity index (χ3n) is 2.41. The van der Waals surface area contributed by atoms with E-state index in [1.54, 1.807) is 6.92 Å². The lowest BCUT2D eigenvalue weighted by atomic mass is 10.2. The Hall–Kier alpha value is -2.45. The summed E-state index contributed by atoms with van der Waals surface area (Å²) < 4.78 is 10.8. The molecule has 19 heavy (non-hydrogen) atoms. The number of carbonyl (C=O) groups is 1. The van der Waals surface area contributed by atoms with E-state index >= 15 is 0 Å². The maximum absolute atomic E-state index is 11.8. The number of esters is 1. The van der Waals surface area contributed by atoms with Crippen LogP contribution in [0.4, 0.5) is 5.82 Å². The Labute approximate surface area is 108 Å². The summed E-state index contributed by atoms with van der Waals surface area (Å²) in [6.07, 6.45) is 1.37. The number of carbonyl (C=O) groups excluding carboxylic acids is 1. The Morgan fingerprint density at radius 3 is 2.79 bits per heavy atom. The third kappa shape index (κ3) is 2.39. The van der Waals surface area contributed by atoms with Crippen LogP contribution in [-0.2, 0) is 11.2 Å². The van der Waals surface area contributed by atoms with Crippen LogP contribution in [0.3, 0.4) is 0 Å². The van der Waals surface area contributed by atoms with Gasteiger partial charge < -0.3 is 10.5 Å². The summed E-state index contributed by atoms with van der Waals surface area (Å²) in [6.45, 7) is 3.96. The molecule has 0 radical (unpaired) electrons. The van der Waals surface area contributed by atoms with Gasteiger partial charge in [0.1, 0.15) is 0 Å². The topological polar surface area (TPSA) is 122 Å². The zero-order valence-electron chi connectivity index (χ0n) is 10.7. The summed E-state index contributed by atoms with van der Waals surface area (Å²) in [5.41, 5.74) is 6.34. The highest BCUT2D eigenvalue weighted by Crippen LogP contribution is 2.17. The zero-order chi connectivity index (χ0) is 13.8. The van der Waals surface area contributed by atoms with E-state index in [9.17, 15) is 4.79 Å². The van der Waals surface area contributed by atoms with Gasteiger partial charge in [-0.3, -0.25) is 0 Å². The number of nitrogens with zero attached hydrogens (tertiary/aromatic N) is 5. The van der Waals surface area contributed by atoms with Gasteiger partial charge in [0, 0.05) is 0 Å². The van der Waals surface area contributed by atoms with Crippen LogP contribution in [0.15, 0.2) is 4.63 Å². The molecule has 0 saturated carbocycles. The van der Waals surface area contributed by atoms with Crippen molar-refractivity contribution < 1.29 is 14.2 Å². The Morgan fingerprint density at radius 1 is 1.42 bits per heavy atom. The highest BCUT2D eigenvalue weighted by atomic mass is 16.6. The highest BCUT2D eigenvalue weighted by Gasteiger charge is 2.23. The summed E-state index contributed by atoms with van der Waals surface area (Å²) in [4.78, 5) is 11.8. The number of nitrogens with two attached hydrogens (primary N) is 1. The number of ether oxygens (including phenoxy) is 1. The van der Waals surface area contributed by atoms with Crippen LogP contribution < -0.4 is 5.73 Å². The van der Waals surface area contributed by atoms with Crippen molar-refractivity contribution in [1.29, 1.82) is 0 Å². The second kappa shape index (κ2) is 5.46. The summed E-state index contributed by atoms with van der Waals surface area (Å²) in [7, 11) is 0. The molecule has 0 amide bonds. The normalized spacial score (nSPS) is 10.6. The second-order valence-corrected chi connectivity index (χ2v) is 3.74. The Balaban J connectivity index is 2.45. The van der Waals surface area contributed by atoms with Crippen LogP contribution in [0.5, 0.6) is 0 Å². The van der Waals surface area contributed by atoms with Crippen molar-refractivity contribution >= 4 is 11.8 Å². The molecular weight excluding hydrogens is 252 g/mol. The van der Waals surface area contributed by atoms with Crippen LogP contribution in [0.25, 0.3) is 5.82 Å². The third-order valence-corrected chi connectivity index (χ3v) is 2.41. The van der Waals surface area contributed by atoms with E-state index in [-0.39, 0.29) is 23.9 Å². The van der Waals surface area contributed by atoms with E-state index in [0.29, 0.717) is 12.1 Å². The first kappa shape index (κ1) is 13.0. The lowest BCUT2D eigenvalue weighted by molar-refractivity contribution is 0.0518. The van der Waals surface area contributed by atoms with Gasteiger partial charge >= 0.3 is 5.97 Å². The Morgan fingerprint density at radius 2 is 2.21 bits per heavy atom. The van der Waals surface area contributed by atoms with Crippen LogP contribution in [0, 0.1) is 0 Å². The zero-order valence-corrected chi connectivity index (χ0v) is 10.7. The molecule has 2 N–H and O–H groups in total. The van der Waals surface area contributed by atoms with E-state index in [0.717, 1.165) is 6.42 Å². The predicted octanol–water partition coefficient (Wildman–Crippen LogP) is 0.362. The van der Waals surface area contributed by atoms with Crippen LogP contribution in [0.1, 0.15) is 36.5 Å². The molecule has 9 heteroatoms. The molecule has 0 aliphatic heterocycles. The van der Waals surface area contributed by atoms with Crippen LogP contribution in [0.2, 0.25) is 0 Å². The average molecular weight is 266 g/mol. The first-order valence-electron chi connectivity index (χ1n) is 5.89. The van der Waals surface area contributed by atoms with Gasteiger partial charge in [0.2, 0.25) is 11.6 Å². The van der Waals surface area contributed by atoms with Crippen LogP contribution >= 0.6 is 0 Å². The van der Waals surface area contributed by atoms with Crippen molar-refractivity contribution in [3.8, 4) is 5.82 Å². The molecule has 0 aromatic carbocycles. The molecule has 2 rings (SSSR count). The number of hydrogen-bond acceptors (Lipinski definition) is 8. The number of anilines is 1. The van der Waals surface area contributed by atoms with Gasteiger partial charge in [-0.2, -0.15) is 4.68 Å². The predicted molar refractivity (Wildman–Crippen MR) is 63.6 cm³/mol. The monoisotopic (exact) mass is 266 g/mol. The van der Waals surface area contributed by atoms with Crippen molar-refractivity contribution in [2.45, 2.75) is 26.7 Å². The molecule has 0 fully saturated rings. The lowest BCUT2D eigenvalue weighted by Crippen LogP contribution is -2.11. The number of rotatable bonds is 5. The van der Waals surface area contributed by atoms with Crippen molar-refractivity contribution in [1.82, 2.24) is 25.3 Å². The molecule has 102 valence electrons. The van der Waals surface area contributed by atoms with E-state index in [2.05, 4.69) is 25.3 Å². The van der Waals surface area contributed by atoms with Gasteiger partial charge in [0.15, 0.2) is 5.69 Å². The van der Waals surface area contributed by atoms with Gasteiger partial charge in [-0.25, -0.2) is 9.42 Å². The second-order valence-electron chi connectivity index (χ2n) is 3.74. The maximum Gasteiger partial charge on any atom is 0.360 e. The quantitative estimate of drug-likeness (QED) is 0.770. The number of hydrogen-bond donors (Lipinski definition) is 1. The summed E-state index contributed by atoms with van der Waals surface area (Å²) in [5, 5.41) is 14.8.